The quantitative estimate of drug-likeness (QED) is 0.678. The molecule has 0 saturated carbocycles. The van der Waals surface area contributed by atoms with Crippen LogP contribution in [0.1, 0.15) is 36.8 Å². The second-order valence-electron chi connectivity index (χ2n) is 5.91. The fourth-order valence-electron chi connectivity index (χ4n) is 1.96. The molecule has 2 rings (SSSR count). The number of carbonyl (C=O) groups is 1. The first-order valence-corrected chi connectivity index (χ1v) is 6.73. The molecular formula is C15H16F3N3O2. The SMILES string of the molecule is CC(C)(C)OC(=O)c1cnn(-c2cccc(N)c2)c1C(F)(F)F. The lowest BCUT2D eigenvalue weighted by Gasteiger charge is -2.20. The van der Waals surface area contributed by atoms with Gasteiger partial charge in [0.25, 0.3) is 0 Å². The van der Waals surface area contributed by atoms with E-state index in [0.717, 1.165) is 6.20 Å². The number of aromatic nitrogens is 2. The number of ether oxygens (including phenoxy) is 1. The molecule has 0 unspecified atom stereocenters. The minimum absolute atomic E-state index is 0.104. The van der Waals surface area contributed by atoms with Gasteiger partial charge in [-0.3, -0.25) is 0 Å². The molecule has 0 aliphatic carbocycles. The summed E-state index contributed by atoms with van der Waals surface area (Å²) in [5.41, 5.74) is 3.22. The number of nitrogens with zero attached hydrogens (tertiary/aromatic N) is 2. The third kappa shape index (κ3) is 3.82. The molecule has 0 fully saturated rings. The minimum atomic E-state index is -4.78. The molecule has 0 amide bonds. The normalized spacial score (nSPS) is 12.3. The number of benzene rings is 1. The van der Waals surface area contributed by atoms with Crippen molar-refractivity contribution in [1.82, 2.24) is 9.78 Å². The number of nitrogen functional groups attached to an aromatic ring is 1. The van der Waals surface area contributed by atoms with Crippen molar-refractivity contribution < 1.29 is 22.7 Å². The molecule has 0 bridgehead atoms. The van der Waals surface area contributed by atoms with Crippen LogP contribution in [-0.2, 0) is 10.9 Å². The van der Waals surface area contributed by atoms with Crippen LogP contribution in [0.3, 0.4) is 0 Å². The van der Waals surface area contributed by atoms with E-state index in [2.05, 4.69) is 5.10 Å². The Morgan fingerprint density at radius 1 is 1.26 bits per heavy atom. The maximum atomic E-state index is 13.4. The highest BCUT2D eigenvalue weighted by molar-refractivity contribution is 5.91. The maximum absolute atomic E-state index is 13.4. The number of nitrogens with two attached hydrogens (primary N) is 1. The Labute approximate surface area is 130 Å². The lowest BCUT2D eigenvalue weighted by molar-refractivity contribution is -0.143. The summed E-state index contributed by atoms with van der Waals surface area (Å²) in [4.78, 5) is 12.0. The van der Waals surface area contributed by atoms with Gasteiger partial charge in [-0.1, -0.05) is 6.07 Å². The second-order valence-corrected chi connectivity index (χ2v) is 5.91. The number of alkyl halides is 3. The van der Waals surface area contributed by atoms with E-state index in [4.69, 9.17) is 10.5 Å². The van der Waals surface area contributed by atoms with E-state index in [-0.39, 0.29) is 11.4 Å². The second kappa shape index (κ2) is 5.60. The number of rotatable bonds is 2. The number of halogens is 3. The molecule has 1 heterocycles. The first-order chi connectivity index (χ1) is 10.5. The summed E-state index contributed by atoms with van der Waals surface area (Å²) in [5.74, 6) is -1.08. The average molecular weight is 327 g/mol. The smallest absolute Gasteiger partial charge is 0.434 e. The van der Waals surface area contributed by atoms with E-state index in [1.165, 1.54) is 24.3 Å². The Bertz CT molecular complexity index is 730. The molecule has 0 atom stereocenters. The largest absolute Gasteiger partial charge is 0.456 e. The van der Waals surface area contributed by atoms with E-state index in [9.17, 15) is 18.0 Å². The number of anilines is 1. The van der Waals surface area contributed by atoms with Gasteiger partial charge in [0, 0.05) is 5.69 Å². The monoisotopic (exact) mass is 327 g/mol. The van der Waals surface area contributed by atoms with Crippen molar-refractivity contribution in [2.45, 2.75) is 32.5 Å². The van der Waals surface area contributed by atoms with E-state index in [0.29, 0.717) is 4.68 Å². The summed E-state index contributed by atoms with van der Waals surface area (Å²) < 4.78 is 45.9. The third-order valence-corrected chi connectivity index (χ3v) is 2.77. The van der Waals surface area contributed by atoms with Crippen LogP contribution in [0.2, 0.25) is 0 Å². The first kappa shape index (κ1) is 16.9. The highest BCUT2D eigenvalue weighted by Crippen LogP contribution is 2.34. The summed E-state index contributed by atoms with van der Waals surface area (Å²) in [7, 11) is 0. The van der Waals surface area contributed by atoms with Crippen LogP contribution in [0.5, 0.6) is 0 Å². The fraction of sp³-hybridized carbons (Fsp3) is 0.333. The van der Waals surface area contributed by atoms with Gasteiger partial charge in [0.2, 0.25) is 0 Å². The van der Waals surface area contributed by atoms with Gasteiger partial charge in [-0.2, -0.15) is 18.3 Å². The van der Waals surface area contributed by atoms with Crippen LogP contribution in [0.25, 0.3) is 5.69 Å². The lowest BCUT2D eigenvalue weighted by Crippen LogP contribution is -2.26. The number of hydrogen-bond donors (Lipinski definition) is 1. The topological polar surface area (TPSA) is 70.1 Å². The summed E-state index contributed by atoms with van der Waals surface area (Å²) >= 11 is 0. The molecule has 0 aliphatic heterocycles. The van der Waals surface area contributed by atoms with Crippen LogP contribution in [0.15, 0.2) is 30.5 Å². The van der Waals surface area contributed by atoms with Gasteiger partial charge in [0.15, 0.2) is 5.69 Å². The Kier molecular flexibility index (Phi) is 4.10. The van der Waals surface area contributed by atoms with E-state index in [1.807, 2.05) is 0 Å². The van der Waals surface area contributed by atoms with Gasteiger partial charge >= 0.3 is 12.1 Å². The molecule has 2 aromatic rings. The molecule has 0 aliphatic rings. The molecule has 1 aromatic heterocycles. The van der Waals surface area contributed by atoms with Crippen molar-refractivity contribution in [1.29, 1.82) is 0 Å². The summed E-state index contributed by atoms with van der Waals surface area (Å²) in [5, 5.41) is 3.69. The summed E-state index contributed by atoms with van der Waals surface area (Å²) in [6, 6.07) is 5.78. The average Bonchev–Trinajstić information content (AvgIpc) is 2.81. The zero-order valence-electron chi connectivity index (χ0n) is 12.8. The van der Waals surface area contributed by atoms with Gasteiger partial charge in [0.1, 0.15) is 11.2 Å². The predicted molar refractivity (Wildman–Crippen MR) is 78.1 cm³/mol. The van der Waals surface area contributed by atoms with Crippen LogP contribution in [0, 0.1) is 0 Å². The fourth-order valence-corrected chi connectivity index (χ4v) is 1.96. The maximum Gasteiger partial charge on any atom is 0.434 e. The molecule has 5 nitrogen and oxygen atoms in total. The van der Waals surface area contributed by atoms with Crippen molar-refractivity contribution in [2.24, 2.45) is 0 Å². The van der Waals surface area contributed by atoms with Crippen LogP contribution in [0.4, 0.5) is 18.9 Å². The van der Waals surface area contributed by atoms with Gasteiger partial charge < -0.3 is 10.5 Å². The highest BCUT2D eigenvalue weighted by atomic mass is 19.4. The van der Waals surface area contributed by atoms with E-state index < -0.39 is 29.0 Å². The molecular weight excluding hydrogens is 311 g/mol. The molecule has 2 N–H and O–H groups in total. The molecule has 0 saturated heterocycles. The van der Waals surface area contributed by atoms with Crippen molar-refractivity contribution in [3.05, 3.63) is 41.7 Å². The standard InChI is InChI=1S/C15H16F3N3O2/c1-14(2,3)23-13(22)11-8-20-21(12(11)15(16,17)18)10-6-4-5-9(19)7-10/h4-8H,19H2,1-3H3. The molecule has 124 valence electrons. The number of carbonyl (C=O) groups excluding carboxylic acids is 1. The lowest BCUT2D eigenvalue weighted by atomic mass is 10.1. The van der Waals surface area contributed by atoms with Crippen LogP contribution in [-0.4, -0.2) is 21.4 Å². The van der Waals surface area contributed by atoms with Gasteiger partial charge in [0.05, 0.1) is 11.9 Å². The predicted octanol–water partition coefficient (Wildman–Crippen LogP) is 3.43. The summed E-state index contributed by atoms with van der Waals surface area (Å²) in [6.45, 7) is 4.71. The number of hydrogen-bond acceptors (Lipinski definition) is 4. The first-order valence-electron chi connectivity index (χ1n) is 6.73. The van der Waals surface area contributed by atoms with E-state index in [1.54, 1.807) is 20.8 Å². The van der Waals surface area contributed by atoms with Crippen LogP contribution >= 0.6 is 0 Å². The highest BCUT2D eigenvalue weighted by Gasteiger charge is 2.41. The minimum Gasteiger partial charge on any atom is -0.456 e. The van der Waals surface area contributed by atoms with Gasteiger partial charge in [-0.25, -0.2) is 9.48 Å². The Hall–Kier alpha value is -2.51. The number of esters is 1. The molecule has 0 spiro atoms. The van der Waals surface area contributed by atoms with Gasteiger partial charge in [-0.15, -0.1) is 0 Å². The zero-order valence-corrected chi connectivity index (χ0v) is 12.8. The summed E-state index contributed by atoms with van der Waals surface area (Å²) in [6.07, 6.45) is -3.94. The molecule has 8 heteroatoms. The Balaban J connectivity index is 2.57. The third-order valence-electron chi connectivity index (χ3n) is 2.77. The van der Waals surface area contributed by atoms with Crippen molar-refractivity contribution >= 4 is 11.7 Å². The Morgan fingerprint density at radius 2 is 1.91 bits per heavy atom. The van der Waals surface area contributed by atoms with Crippen molar-refractivity contribution in [3.63, 3.8) is 0 Å². The molecule has 1 aromatic carbocycles. The van der Waals surface area contributed by atoms with Crippen molar-refractivity contribution in [2.75, 3.05) is 5.73 Å². The molecule has 0 radical (unpaired) electrons. The van der Waals surface area contributed by atoms with Crippen molar-refractivity contribution in [3.8, 4) is 5.69 Å². The van der Waals surface area contributed by atoms with E-state index >= 15 is 0 Å². The molecule has 23 heavy (non-hydrogen) atoms. The van der Waals surface area contributed by atoms with Gasteiger partial charge in [-0.05, 0) is 39.0 Å². The zero-order chi connectivity index (χ0) is 17.4. The Morgan fingerprint density at radius 3 is 2.43 bits per heavy atom. The van der Waals surface area contributed by atoms with Crippen LogP contribution < -0.4 is 5.73 Å².